The molecule has 0 bridgehead atoms. The summed E-state index contributed by atoms with van der Waals surface area (Å²) >= 11 is 0. The Labute approximate surface area is 323 Å². The molecule has 0 unspecified atom stereocenters. The van der Waals surface area contributed by atoms with Crippen LogP contribution in [0.2, 0.25) is 0 Å². The van der Waals surface area contributed by atoms with E-state index in [0.717, 1.165) is 103 Å². The van der Waals surface area contributed by atoms with Gasteiger partial charge in [0.05, 0.1) is 0 Å². The lowest BCUT2D eigenvalue weighted by Crippen LogP contribution is -2.45. The molecule has 16 nitrogen and oxygen atoms in total. The van der Waals surface area contributed by atoms with Crippen LogP contribution < -0.4 is 0 Å². The second kappa shape index (κ2) is 25.7. The normalized spacial score (nSPS) is 27.7. The minimum absolute atomic E-state index is 0.0238. The Balaban J connectivity index is 2.12. The summed E-state index contributed by atoms with van der Waals surface area (Å²) in [5.41, 5.74) is 0. The molecule has 0 aromatic heterocycles. The van der Waals surface area contributed by atoms with Crippen molar-refractivity contribution in [2.24, 2.45) is 0 Å². The molecule has 5 atom stereocenters. The van der Waals surface area contributed by atoms with Crippen molar-refractivity contribution in [1.82, 2.24) is 4.90 Å². The third kappa shape index (κ3) is 22.3. The van der Waals surface area contributed by atoms with Gasteiger partial charge in [0.25, 0.3) is 0 Å². The van der Waals surface area contributed by atoms with Gasteiger partial charge in [-0.1, -0.05) is 116 Å². The van der Waals surface area contributed by atoms with Gasteiger partial charge in [-0.05, 0) is 51.4 Å². The van der Waals surface area contributed by atoms with Crippen LogP contribution in [0, 0.1) is 0 Å². The van der Waals surface area contributed by atoms with E-state index in [0.29, 0.717) is 45.1 Å². The summed E-state index contributed by atoms with van der Waals surface area (Å²) in [6.45, 7) is 2.62. The first-order valence-electron chi connectivity index (χ1n) is 20.0. The van der Waals surface area contributed by atoms with Gasteiger partial charge >= 0.3 is 37.2 Å². The summed E-state index contributed by atoms with van der Waals surface area (Å²) in [7, 11) is -15.7. The van der Waals surface area contributed by atoms with Crippen molar-refractivity contribution in [1.29, 1.82) is 0 Å². The number of esters is 1. The summed E-state index contributed by atoms with van der Waals surface area (Å²) in [5, 5.41) is 0. The van der Waals surface area contributed by atoms with Gasteiger partial charge in [-0.25, -0.2) is 17.3 Å². The van der Waals surface area contributed by atoms with Gasteiger partial charge in [0.15, 0.2) is 0 Å². The van der Waals surface area contributed by atoms with Crippen molar-refractivity contribution in [2.75, 3.05) is 6.54 Å². The smallest absolute Gasteiger partial charge is 0.397 e. The first-order valence-corrected chi connectivity index (χ1v) is 24.1. The number of cyclic esters (lactones) is 1. The van der Waals surface area contributed by atoms with E-state index in [4.69, 9.17) is 17.3 Å². The standard InChI is InChI=1S/C35H65NO15S3/c1-2-22-29-23-17-13-9-8-11-15-19-26-32(50-53(42,43)44)34(51-54(45,46)47)31(49-52(39,40)41)25-18-14-10-6-4-3-5-7-12-16-20-27-33(37)36-28-21-24-30(36)35(38)48-29/h29-32,34H,2-28H2,1H3,(H,39,40,41)(H,42,43,44)(H,45,46,47)/t29-,30-,31-,32-,34+/m0/s1. The van der Waals surface area contributed by atoms with Crippen LogP contribution >= 0.6 is 0 Å². The van der Waals surface area contributed by atoms with Gasteiger partial charge in [-0.3, -0.25) is 18.5 Å². The Kier molecular flexibility index (Phi) is 23.2. The fourth-order valence-corrected chi connectivity index (χ4v) is 9.01. The summed E-state index contributed by atoms with van der Waals surface area (Å²) in [6.07, 6.45) is 11.9. The van der Waals surface area contributed by atoms with Crippen LogP contribution in [0.3, 0.4) is 0 Å². The molecule has 2 aliphatic rings. The molecule has 1 amide bonds. The Hall–Kier alpha value is -1.45. The number of carbonyl (C=O) groups is 2. The molecule has 19 heteroatoms. The van der Waals surface area contributed by atoms with E-state index >= 15 is 0 Å². The quantitative estimate of drug-likeness (QED) is 0.167. The van der Waals surface area contributed by atoms with E-state index in [2.05, 4.69) is 0 Å². The number of fused-ring (bicyclic) bond motifs is 1. The minimum atomic E-state index is -5.31. The largest absolute Gasteiger partial charge is 0.461 e. The maximum atomic E-state index is 13.2. The van der Waals surface area contributed by atoms with Crippen LogP contribution in [0.25, 0.3) is 0 Å². The second-order valence-electron chi connectivity index (χ2n) is 14.7. The van der Waals surface area contributed by atoms with Crippen LogP contribution in [0.1, 0.15) is 174 Å². The molecule has 0 spiro atoms. The molecule has 2 saturated heterocycles. The first-order chi connectivity index (χ1) is 25.5. The van der Waals surface area contributed by atoms with Gasteiger partial charge in [0, 0.05) is 13.0 Å². The molecule has 3 N–H and O–H groups in total. The SMILES string of the molecule is CCC[C@H]1CCCCCCCCC[C@H](OS(=O)(=O)O)[C@H](OS(=O)(=O)O)[C@@H](OS(=O)(=O)O)CCCCCCCCCCCCCC(=O)N2CCC[C@H]2C(=O)O1. The number of carbonyl (C=O) groups excluding carboxylic acids is 2. The van der Waals surface area contributed by atoms with Crippen molar-refractivity contribution in [3.63, 3.8) is 0 Å². The average molecular weight is 836 g/mol. The molecule has 2 heterocycles. The lowest BCUT2D eigenvalue weighted by Gasteiger charge is -2.30. The zero-order valence-electron chi connectivity index (χ0n) is 31.9. The monoisotopic (exact) mass is 835 g/mol. The number of hydrogen-bond donors (Lipinski definition) is 3. The van der Waals surface area contributed by atoms with Gasteiger partial charge < -0.3 is 9.64 Å². The summed E-state index contributed by atoms with van der Waals surface area (Å²) < 4.78 is 119. The maximum absolute atomic E-state index is 13.2. The predicted octanol–water partition coefficient (Wildman–Crippen LogP) is 6.85. The lowest BCUT2D eigenvalue weighted by molar-refractivity contribution is -0.158. The van der Waals surface area contributed by atoms with Crippen LogP contribution in [0.15, 0.2) is 0 Å². The highest BCUT2D eigenvalue weighted by Crippen LogP contribution is 2.27. The van der Waals surface area contributed by atoms with Crippen molar-refractivity contribution < 1.29 is 65.8 Å². The van der Waals surface area contributed by atoms with E-state index in [9.17, 15) is 48.5 Å². The summed E-state index contributed by atoms with van der Waals surface area (Å²) in [5.74, 6) is -0.290. The van der Waals surface area contributed by atoms with E-state index in [-0.39, 0.29) is 43.7 Å². The Morgan fingerprint density at radius 3 is 1.41 bits per heavy atom. The number of amides is 1. The molecular formula is C35H65NO15S3. The molecule has 2 aliphatic heterocycles. The molecule has 0 aliphatic carbocycles. The van der Waals surface area contributed by atoms with E-state index in [1.165, 1.54) is 0 Å². The molecule has 0 saturated carbocycles. The fourth-order valence-electron chi connectivity index (χ4n) is 7.45. The van der Waals surface area contributed by atoms with Crippen LogP contribution in [0.4, 0.5) is 0 Å². The van der Waals surface area contributed by atoms with E-state index in [1.54, 1.807) is 4.90 Å². The number of hydrogen-bond acceptors (Lipinski definition) is 12. The first kappa shape index (κ1) is 48.7. The molecular weight excluding hydrogens is 771 g/mol. The summed E-state index contributed by atoms with van der Waals surface area (Å²) in [6, 6.07) is -0.514. The zero-order chi connectivity index (χ0) is 40.0. The average Bonchev–Trinajstić information content (AvgIpc) is 3.56. The molecule has 54 heavy (non-hydrogen) atoms. The number of rotatable bonds is 8. The zero-order valence-corrected chi connectivity index (χ0v) is 34.3. The van der Waals surface area contributed by atoms with Crippen LogP contribution in [-0.2, 0) is 58.1 Å². The Morgan fingerprint density at radius 2 is 0.981 bits per heavy atom. The van der Waals surface area contributed by atoms with E-state index < -0.39 is 55.6 Å². The number of nitrogens with zero attached hydrogens (tertiary/aromatic N) is 1. The minimum Gasteiger partial charge on any atom is -0.461 e. The molecule has 0 aromatic carbocycles. The molecule has 2 fully saturated rings. The predicted molar refractivity (Wildman–Crippen MR) is 200 cm³/mol. The van der Waals surface area contributed by atoms with Crippen LogP contribution in [0.5, 0.6) is 0 Å². The van der Waals surface area contributed by atoms with Crippen LogP contribution in [-0.4, -0.2) is 92.7 Å². The van der Waals surface area contributed by atoms with Crippen molar-refractivity contribution in [3.8, 4) is 0 Å². The maximum Gasteiger partial charge on any atom is 0.397 e. The highest BCUT2D eigenvalue weighted by molar-refractivity contribution is 7.81. The van der Waals surface area contributed by atoms with Gasteiger partial charge in [0.2, 0.25) is 5.91 Å². The third-order valence-corrected chi connectivity index (χ3v) is 11.5. The van der Waals surface area contributed by atoms with Gasteiger partial charge in [-0.2, -0.15) is 25.3 Å². The summed E-state index contributed by atoms with van der Waals surface area (Å²) in [4.78, 5) is 27.9. The highest BCUT2D eigenvalue weighted by Gasteiger charge is 2.40. The number of ether oxygens (including phenoxy) is 1. The van der Waals surface area contributed by atoms with Crippen molar-refractivity contribution in [2.45, 2.75) is 204 Å². The van der Waals surface area contributed by atoms with Crippen molar-refractivity contribution >= 4 is 43.1 Å². The fraction of sp³-hybridized carbons (Fsp3) is 0.943. The van der Waals surface area contributed by atoms with Gasteiger partial charge in [-0.15, -0.1) is 0 Å². The highest BCUT2D eigenvalue weighted by atomic mass is 32.3. The lowest BCUT2D eigenvalue weighted by atomic mass is 9.97. The molecule has 2 rings (SSSR count). The topological polar surface area (TPSA) is 237 Å². The van der Waals surface area contributed by atoms with Crippen molar-refractivity contribution in [3.05, 3.63) is 0 Å². The molecule has 318 valence electrons. The Morgan fingerprint density at radius 1 is 0.574 bits per heavy atom. The second-order valence-corrected chi connectivity index (χ2v) is 17.8. The van der Waals surface area contributed by atoms with Gasteiger partial charge in [0.1, 0.15) is 30.5 Å². The third-order valence-electron chi connectivity index (χ3n) is 10.1. The molecule has 0 radical (unpaired) electrons. The molecule has 0 aromatic rings. The van der Waals surface area contributed by atoms with E-state index in [1.807, 2.05) is 6.92 Å². The Bertz CT molecular complexity index is 1410.